The van der Waals surface area contributed by atoms with Gasteiger partial charge in [0.25, 0.3) is 5.91 Å². The number of carboxylic acid groups (broad SMARTS) is 1. The summed E-state index contributed by atoms with van der Waals surface area (Å²) in [5.74, 6) is -1.56. The molecule has 0 atom stereocenters. The van der Waals surface area contributed by atoms with Gasteiger partial charge in [0, 0.05) is 18.1 Å². The van der Waals surface area contributed by atoms with E-state index in [1.807, 2.05) is 0 Å². The normalized spacial score (nSPS) is 23.3. The van der Waals surface area contributed by atoms with Crippen molar-refractivity contribution in [3.8, 4) is 0 Å². The largest absolute Gasteiger partial charge is 0.481 e. The molecule has 1 aliphatic carbocycles. The SMILES string of the molecule is CC1(C(=O)O)CCC(CNC(=O)c2c(C(F)(F)F)ccc3cc[nH]c23)CC1. The van der Waals surface area contributed by atoms with Crippen LogP contribution in [0.15, 0.2) is 24.4 Å². The van der Waals surface area contributed by atoms with Crippen LogP contribution in [-0.2, 0) is 11.0 Å². The van der Waals surface area contributed by atoms with Gasteiger partial charge >= 0.3 is 12.1 Å². The molecule has 1 heterocycles. The zero-order valence-corrected chi connectivity index (χ0v) is 14.8. The number of hydrogen-bond donors (Lipinski definition) is 3. The van der Waals surface area contributed by atoms with Crippen molar-refractivity contribution in [2.75, 3.05) is 6.54 Å². The Morgan fingerprint density at radius 2 is 1.93 bits per heavy atom. The van der Waals surface area contributed by atoms with Gasteiger partial charge in [0.05, 0.1) is 22.1 Å². The Hall–Kier alpha value is -2.51. The molecule has 0 spiro atoms. The highest BCUT2D eigenvalue weighted by Gasteiger charge is 2.38. The molecule has 1 saturated carbocycles. The van der Waals surface area contributed by atoms with E-state index >= 15 is 0 Å². The molecule has 8 heteroatoms. The number of rotatable bonds is 4. The van der Waals surface area contributed by atoms with Gasteiger partial charge in [0.2, 0.25) is 0 Å². The summed E-state index contributed by atoms with van der Waals surface area (Å²) in [5.41, 5.74) is -1.99. The molecular formula is C19H21F3N2O3. The van der Waals surface area contributed by atoms with E-state index in [-0.39, 0.29) is 18.0 Å². The van der Waals surface area contributed by atoms with Crippen LogP contribution in [0, 0.1) is 11.3 Å². The van der Waals surface area contributed by atoms with Gasteiger partial charge in [-0.05, 0) is 50.7 Å². The van der Waals surface area contributed by atoms with Crippen molar-refractivity contribution in [1.29, 1.82) is 0 Å². The highest BCUT2D eigenvalue weighted by atomic mass is 19.4. The fourth-order valence-corrected chi connectivity index (χ4v) is 3.66. The summed E-state index contributed by atoms with van der Waals surface area (Å²) in [6, 6.07) is 3.86. The third-order valence-electron chi connectivity index (χ3n) is 5.54. The smallest absolute Gasteiger partial charge is 0.417 e. The fraction of sp³-hybridized carbons (Fsp3) is 0.474. The van der Waals surface area contributed by atoms with Crippen LogP contribution in [0.5, 0.6) is 0 Å². The van der Waals surface area contributed by atoms with Crippen LogP contribution in [0.25, 0.3) is 10.9 Å². The predicted octanol–water partition coefficient (Wildman–Crippen LogP) is 4.20. The molecule has 27 heavy (non-hydrogen) atoms. The Morgan fingerprint density at radius 1 is 1.26 bits per heavy atom. The first-order valence-corrected chi connectivity index (χ1v) is 8.81. The lowest BCUT2D eigenvalue weighted by Gasteiger charge is -2.33. The molecule has 0 aliphatic heterocycles. The van der Waals surface area contributed by atoms with Gasteiger partial charge in [0.15, 0.2) is 0 Å². The number of aliphatic carboxylic acids is 1. The second kappa shape index (κ2) is 6.90. The topological polar surface area (TPSA) is 82.2 Å². The van der Waals surface area contributed by atoms with Crippen LogP contribution < -0.4 is 5.32 Å². The number of alkyl halides is 3. The second-order valence-corrected chi connectivity index (χ2v) is 7.45. The summed E-state index contributed by atoms with van der Waals surface area (Å²) >= 11 is 0. The van der Waals surface area contributed by atoms with Crippen molar-refractivity contribution in [2.24, 2.45) is 11.3 Å². The summed E-state index contributed by atoms with van der Waals surface area (Å²) in [7, 11) is 0. The lowest BCUT2D eigenvalue weighted by Crippen LogP contribution is -2.37. The number of aromatic nitrogens is 1. The minimum Gasteiger partial charge on any atom is -0.481 e. The number of hydrogen-bond acceptors (Lipinski definition) is 2. The maximum absolute atomic E-state index is 13.3. The fourth-order valence-electron chi connectivity index (χ4n) is 3.66. The number of aromatic amines is 1. The number of halogens is 3. The van der Waals surface area contributed by atoms with E-state index in [0.717, 1.165) is 6.07 Å². The Morgan fingerprint density at radius 3 is 2.52 bits per heavy atom. The zero-order valence-electron chi connectivity index (χ0n) is 14.8. The van der Waals surface area contributed by atoms with Gasteiger partial charge in [-0.15, -0.1) is 0 Å². The molecule has 3 N–H and O–H groups in total. The third kappa shape index (κ3) is 3.79. The summed E-state index contributed by atoms with van der Waals surface area (Å²) in [5, 5.41) is 12.4. The first kappa shape index (κ1) is 19.3. The van der Waals surface area contributed by atoms with E-state index in [4.69, 9.17) is 0 Å². The molecule has 0 saturated heterocycles. The van der Waals surface area contributed by atoms with Gasteiger partial charge in [-0.25, -0.2) is 0 Å². The maximum atomic E-state index is 13.3. The standard InChI is InChI=1S/C19H21F3N2O3/c1-18(17(26)27)7-4-11(5-8-18)10-24-16(25)14-13(19(20,21)22)3-2-12-6-9-23-15(12)14/h2-3,6,9,11,23H,4-5,7-8,10H2,1H3,(H,24,25)(H,26,27). The van der Waals surface area contributed by atoms with E-state index in [9.17, 15) is 27.9 Å². The Balaban J connectivity index is 1.74. The maximum Gasteiger partial charge on any atom is 0.417 e. The van der Waals surface area contributed by atoms with Gasteiger partial charge in [-0.1, -0.05) is 6.07 Å². The van der Waals surface area contributed by atoms with Crippen LogP contribution in [0.2, 0.25) is 0 Å². The van der Waals surface area contributed by atoms with Crippen molar-refractivity contribution >= 4 is 22.8 Å². The number of fused-ring (bicyclic) bond motifs is 1. The van der Waals surface area contributed by atoms with E-state index < -0.39 is 34.6 Å². The number of carboxylic acids is 1. The molecule has 3 rings (SSSR count). The number of nitrogens with one attached hydrogen (secondary N) is 2. The summed E-state index contributed by atoms with van der Waals surface area (Å²) in [6.45, 7) is 1.93. The molecule has 0 radical (unpaired) electrons. The van der Waals surface area contributed by atoms with Crippen LogP contribution in [0.3, 0.4) is 0 Å². The zero-order chi connectivity index (χ0) is 19.8. The van der Waals surface area contributed by atoms with Crippen molar-refractivity contribution in [1.82, 2.24) is 10.3 Å². The molecule has 1 fully saturated rings. The number of carbonyl (C=O) groups excluding carboxylic acids is 1. The monoisotopic (exact) mass is 382 g/mol. The second-order valence-electron chi connectivity index (χ2n) is 7.45. The molecule has 1 aromatic heterocycles. The molecule has 5 nitrogen and oxygen atoms in total. The quantitative estimate of drug-likeness (QED) is 0.741. The highest BCUT2D eigenvalue weighted by molar-refractivity contribution is 6.07. The molecule has 0 bridgehead atoms. The number of amides is 1. The molecule has 1 amide bonds. The van der Waals surface area contributed by atoms with Crippen molar-refractivity contribution < 1.29 is 27.9 Å². The summed E-state index contributed by atoms with van der Waals surface area (Å²) < 4.78 is 40.0. The molecule has 146 valence electrons. The Labute approximate surface area is 153 Å². The van der Waals surface area contributed by atoms with E-state index in [2.05, 4.69) is 10.3 Å². The minimum atomic E-state index is -4.64. The highest BCUT2D eigenvalue weighted by Crippen LogP contribution is 2.39. The molecule has 2 aromatic rings. The molecule has 1 aliphatic rings. The number of carbonyl (C=O) groups is 2. The number of H-pyrrole nitrogens is 1. The molecule has 0 unspecified atom stereocenters. The third-order valence-corrected chi connectivity index (χ3v) is 5.54. The minimum absolute atomic E-state index is 0.0542. The predicted molar refractivity (Wildman–Crippen MR) is 93.3 cm³/mol. The first-order chi connectivity index (χ1) is 12.6. The average Bonchev–Trinajstić information content (AvgIpc) is 3.08. The van der Waals surface area contributed by atoms with Crippen LogP contribution in [-0.4, -0.2) is 28.5 Å². The van der Waals surface area contributed by atoms with Gasteiger partial charge in [-0.3, -0.25) is 9.59 Å². The Bertz CT molecular complexity index is 865. The lowest BCUT2D eigenvalue weighted by molar-refractivity contribution is -0.150. The van der Waals surface area contributed by atoms with E-state index in [1.165, 1.54) is 12.3 Å². The number of benzene rings is 1. The summed E-state index contributed by atoms with van der Waals surface area (Å²) in [4.78, 5) is 26.6. The van der Waals surface area contributed by atoms with Crippen LogP contribution in [0.4, 0.5) is 13.2 Å². The van der Waals surface area contributed by atoms with Crippen LogP contribution >= 0.6 is 0 Å². The first-order valence-electron chi connectivity index (χ1n) is 8.81. The van der Waals surface area contributed by atoms with E-state index in [0.29, 0.717) is 31.1 Å². The van der Waals surface area contributed by atoms with E-state index in [1.54, 1.807) is 13.0 Å². The van der Waals surface area contributed by atoms with Gasteiger partial charge < -0.3 is 15.4 Å². The average molecular weight is 382 g/mol. The molecular weight excluding hydrogens is 361 g/mol. The summed E-state index contributed by atoms with van der Waals surface area (Å²) in [6.07, 6.45) is -0.939. The molecule has 1 aromatic carbocycles. The van der Waals surface area contributed by atoms with Crippen LogP contribution in [0.1, 0.15) is 48.5 Å². The Kier molecular flexibility index (Phi) is 4.92. The van der Waals surface area contributed by atoms with Crippen molar-refractivity contribution in [2.45, 2.75) is 38.8 Å². The van der Waals surface area contributed by atoms with Crippen molar-refractivity contribution in [3.05, 3.63) is 35.5 Å². The van der Waals surface area contributed by atoms with Gasteiger partial charge in [-0.2, -0.15) is 13.2 Å². The lowest BCUT2D eigenvalue weighted by atomic mass is 9.72. The van der Waals surface area contributed by atoms with Crippen molar-refractivity contribution in [3.63, 3.8) is 0 Å². The van der Waals surface area contributed by atoms with Gasteiger partial charge in [0.1, 0.15) is 0 Å².